The van der Waals surface area contributed by atoms with E-state index >= 15 is 0 Å². The molecule has 0 fully saturated rings. The lowest BCUT2D eigenvalue weighted by atomic mass is 10.0. The van der Waals surface area contributed by atoms with E-state index in [1.54, 1.807) is 30.7 Å². The van der Waals surface area contributed by atoms with E-state index in [1.165, 1.54) is 0 Å². The smallest absolute Gasteiger partial charge is 0.178 e. The molecule has 1 aromatic heterocycles. The Morgan fingerprint density at radius 3 is 3.05 bits per heavy atom. The van der Waals surface area contributed by atoms with Gasteiger partial charge in [0.05, 0.1) is 17.0 Å². The Labute approximate surface area is 128 Å². The molecule has 0 saturated heterocycles. The highest BCUT2D eigenvalue weighted by molar-refractivity contribution is 7.91. The van der Waals surface area contributed by atoms with Gasteiger partial charge in [-0.2, -0.15) is 0 Å². The number of hydrogen-bond acceptors (Lipinski definition) is 4. The third kappa shape index (κ3) is 3.12. The third-order valence-corrected chi connectivity index (χ3v) is 5.73. The van der Waals surface area contributed by atoms with Crippen LogP contribution in [-0.4, -0.2) is 30.3 Å². The van der Waals surface area contributed by atoms with E-state index in [4.69, 9.17) is 11.6 Å². The number of aromatic nitrogens is 2. The van der Waals surface area contributed by atoms with Crippen molar-refractivity contribution in [3.63, 3.8) is 0 Å². The molecule has 21 heavy (non-hydrogen) atoms. The highest BCUT2D eigenvalue weighted by Gasteiger charge is 2.29. The van der Waals surface area contributed by atoms with E-state index in [2.05, 4.69) is 10.3 Å². The SMILES string of the molecule is O=S1(=O)CCC(NCCn2ccnc2)c2cc(Cl)ccc21. The van der Waals surface area contributed by atoms with E-state index in [1.807, 2.05) is 10.8 Å². The van der Waals surface area contributed by atoms with E-state index in [0.717, 1.165) is 18.7 Å². The first-order chi connectivity index (χ1) is 10.1. The fourth-order valence-corrected chi connectivity index (χ4v) is 4.39. The zero-order valence-electron chi connectivity index (χ0n) is 11.4. The lowest BCUT2D eigenvalue weighted by Gasteiger charge is -2.26. The Bertz CT molecular complexity index is 729. The Morgan fingerprint density at radius 2 is 2.29 bits per heavy atom. The second-order valence-electron chi connectivity index (χ2n) is 5.10. The fourth-order valence-electron chi connectivity index (χ4n) is 2.61. The normalized spacial score (nSPS) is 20.1. The maximum Gasteiger partial charge on any atom is 0.178 e. The molecule has 7 heteroatoms. The van der Waals surface area contributed by atoms with Gasteiger partial charge in [-0.25, -0.2) is 13.4 Å². The number of sulfone groups is 1. The average molecular weight is 326 g/mol. The number of hydrogen-bond donors (Lipinski definition) is 1. The molecule has 1 unspecified atom stereocenters. The zero-order chi connectivity index (χ0) is 14.9. The zero-order valence-corrected chi connectivity index (χ0v) is 12.9. The van der Waals surface area contributed by atoms with Crippen LogP contribution in [0.2, 0.25) is 5.02 Å². The highest BCUT2D eigenvalue weighted by atomic mass is 35.5. The minimum atomic E-state index is -3.17. The van der Waals surface area contributed by atoms with Crippen LogP contribution < -0.4 is 5.32 Å². The lowest BCUT2D eigenvalue weighted by molar-refractivity contribution is 0.473. The molecule has 0 saturated carbocycles. The fraction of sp³-hybridized carbons (Fsp3) is 0.357. The monoisotopic (exact) mass is 325 g/mol. The molecular weight excluding hydrogens is 310 g/mol. The van der Waals surface area contributed by atoms with Crippen LogP contribution in [0.3, 0.4) is 0 Å². The van der Waals surface area contributed by atoms with Crippen molar-refractivity contribution in [2.45, 2.75) is 23.9 Å². The summed E-state index contributed by atoms with van der Waals surface area (Å²) in [6.45, 7) is 1.53. The molecule has 0 bridgehead atoms. The summed E-state index contributed by atoms with van der Waals surface area (Å²) in [5.74, 6) is 0.171. The molecule has 1 aromatic carbocycles. The number of fused-ring (bicyclic) bond motifs is 1. The molecule has 0 spiro atoms. The van der Waals surface area contributed by atoms with Crippen LogP contribution in [0.15, 0.2) is 41.8 Å². The van der Waals surface area contributed by atoms with Gasteiger partial charge < -0.3 is 9.88 Å². The Kier molecular flexibility index (Phi) is 4.01. The summed E-state index contributed by atoms with van der Waals surface area (Å²) in [6, 6.07) is 5.01. The van der Waals surface area contributed by atoms with Crippen LogP contribution in [0, 0.1) is 0 Å². The van der Waals surface area contributed by atoms with Crippen molar-refractivity contribution in [3.8, 4) is 0 Å². The quantitative estimate of drug-likeness (QED) is 0.934. The molecule has 1 aliphatic heterocycles. The van der Waals surface area contributed by atoms with Crippen molar-refractivity contribution in [2.75, 3.05) is 12.3 Å². The summed E-state index contributed by atoms with van der Waals surface area (Å²) in [5.41, 5.74) is 0.777. The van der Waals surface area contributed by atoms with Gasteiger partial charge in [0.1, 0.15) is 0 Å². The molecule has 0 radical (unpaired) electrons. The van der Waals surface area contributed by atoms with Crippen LogP contribution in [0.5, 0.6) is 0 Å². The Morgan fingerprint density at radius 1 is 1.43 bits per heavy atom. The van der Waals surface area contributed by atoms with Crippen LogP contribution in [0.4, 0.5) is 0 Å². The van der Waals surface area contributed by atoms with E-state index < -0.39 is 9.84 Å². The molecule has 1 atom stereocenters. The summed E-state index contributed by atoms with van der Waals surface area (Å²) < 4.78 is 26.2. The topological polar surface area (TPSA) is 64.0 Å². The maximum atomic E-state index is 12.1. The molecule has 0 aliphatic carbocycles. The van der Waals surface area contributed by atoms with Crippen molar-refractivity contribution in [1.29, 1.82) is 0 Å². The summed E-state index contributed by atoms with van der Waals surface area (Å²) in [4.78, 5) is 4.39. The van der Waals surface area contributed by atoms with E-state index in [0.29, 0.717) is 16.3 Å². The molecule has 2 aromatic rings. The minimum Gasteiger partial charge on any atom is -0.336 e. The molecule has 3 rings (SSSR count). The summed E-state index contributed by atoms with van der Waals surface area (Å²) in [6.07, 6.45) is 5.97. The molecular formula is C14H16ClN3O2S. The minimum absolute atomic E-state index is 0.0192. The van der Waals surface area contributed by atoms with E-state index in [-0.39, 0.29) is 11.8 Å². The second-order valence-corrected chi connectivity index (χ2v) is 7.61. The largest absolute Gasteiger partial charge is 0.336 e. The van der Waals surface area contributed by atoms with Crippen molar-refractivity contribution >= 4 is 21.4 Å². The predicted molar refractivity (Wildman–Crippen MR) is 81.1 cm³/mol. The highest BCUT2D eigenvalue weighted by Crippen LogP contribution is 2.33. The van der Waals surface area contributed by atoms with Crippen LogP contribution >= 0.6 is 11.6 Å². The van der Waals surface area contributed by atoms with Gasteiger partial charge in [0.25, 0.3) is 0 Å². The standard InChI is InChI=1S/C14H16ClN3O2S/c15-11-1-2-14-12(9-11)13(3-8-21(14,19)20)17-5-7-18-6-4-16-10-18/h1-2,4,6,9-10,13,17H,3,5,7-8H2. The number of nitrogens with one attached hydrogen (secondary N) is 1. The first kappa shape index (κ1) is 14.6. The molecule has 5 nitrogen and oxygen atoms in total. The Hall–Kier alpha value is -1.37. The molecule has 1 N–H and O–H groups in total. The van der Waals surface area contributed by atoms with Gasteiger partial charge in [-0.3, -0.25) is 0 Å². The lowest BCUT2D eigenvalue weighted by Crippen LogP contribution is -2.31. The van der Waals surface area contributed by atoms with Crippen LogP contribution in [0.1, 0.15) is 18.0 Å². The predicted octanol–water partition coefficient (Wildman–Crippen LogP) is 2.04. The number of halogens is 1. The van der Waals surface area contributed by atoms with Crippen LogP contribution in [-0.2, 0) is 16.4 Å². The van der Waals surface area contributed by atoms with Crippen molar-refractivity contribution in [1.82, 2.24) is 14.9 Å². The van der Waals surface area contributed by atoms with Gasteiger partial charge in [-0.1, -0.05) is 11.6 Å². The second kappa shape index (κ2) is 5.79. The Balaban J connectivity index is 1.76. The molecule has 0 amide bonds. The van der Waals surface area contributed by atoms with Gasteiger partial charge in [0.2, 0.25) is 0 Å². The molecule has 2 heterocycles. The first-order valence-corrected chi connectivity index (χ1v) is 8.80. The third-order valence-electron chi connectivity index (χ3n) is 3.68. The number of rotatable bonds is 4. The number of imidazole rings is 1. The van der Waals surface area contributed by atoms with Gasteiger partial charge in [-0.05, 0) is 30.2 Å². The summed E-state index contributed by atoms with van der Waals surface area (Å²) in [5, 5.41) is 3.97. The van der Waals surface area contributed by atoms with Crippen molar-refractivity contribution < 1.29 is 8.42 Å². The average Bonchev–Trinajstić information content (AvgIpc) is 2.94. The first-order valence-electron chi connectivity index (χ1n) is 6.77. The van der Waals surface area contributed by atoms with Crippen molar-refractivity contribution in [2.24, 2.45) is 0 Å². The van der Waals surface area contributed by atoms with Crippen LogP contribution in [0.25, 0.3) is 0 Å². The van der Waals surface area contributed by atoms with Gasteiger partial charge in [0, 0.05) is 36.5 Å². The van der Waals surface area contributed by atoms with E-state index in [9.17, 15) is 8.42 Å². The van der Waals surface area contributed by atoms with Gasteiger partial charge >= 0.3 is 0 Å². The van der Waals surface area contributed by atoms with Gasteiger partial charge in [0.15, 0.2) is 9.84 Å². The van der Waals surface area contributed by atoms with Gasteiger partial charge in [-0.15, -0.1) is 0 Å². The molecule has 1 aliphatic rings. The van der Waals surface area contributed by atoms with Crippen molar-refractivity contribution in [3.05, 3.63) is 47.5 Å². The molecule has 112 valence electrons. The maximum absolute atomic E-state index is 12.1. The number of benzene rings is 1. The number of nitrogens with zero attached hydrogens (tertiary/aromatic N) is 2. The summed E-state index contributed by atoms with van der Waals surface area (Å²) >= 11 is 6.02. The summed E-state index contributed by atoms with van der Waals surface area (Å²) in [7, 11) is -3.17.